The van der Waals surface area contributed by atoms with Gasteiger partial charge in [-0.25, -0.2) is 0 Å². The predicted octanol–water partition coefficient (Wildman–Crippen LogP) is 4.30. The molecule has 114 valence electrons. The summed E-state index contributed by atoms with van der Waals surface area (Å²) in [5, 5.41) is 0. The van der Waals surface area contributed by atoms with Crippen LogP contribution in [0.25, 0.3) is 0 Å². The van der Waals surface area contributed by atoms with E-state index in [0.717, 1.165) is 31.6 Å². The van der Waals surface area contributed by atoms with Gasteiger partial charge < -0.3 is 10.5 Å². The number of aryl methyl sites for hydroxylation is 1. The van der Waals surface area contributed by atoms with Crippen LogP contribution in [0.2, 0.25) is 0 Å². The molecule has 2 N–H and O–H groups in total. The SMILES string of the molecule is COc1ccc(C(C)(C)CC(C)(C)C)cc1CCCN. The van der Waals surface area contributed by atoms with Crippen molar-refractivity contribution in [1.29, 1.82) is 0 Å². The van der Waals surface area contributed by atoms with Crippen LogP contribution >= 0.6 is 0 Å². The Labute approximate surface area is 124 Å². The molecule has 2 nitrogen and oxygen atoms in total. The van der Waals surface area contributed by atoms with Crippen molar-refractivity contribution in [1.82, 2.24) is 0 Å². The Morgan fingerprint density at radius 3 is 2.25 bits per heavy atom. The summed E-state index contributed by atoms with van der Waals surface area (Å²) in [5.74, 6) is 0.980. The molecule has 0 aliphatic heterocycles. The third-order valence-corrected chi connectivity index (χ3v) is 3.68. The van der Waals surface area contributed by atoms with Crippen LogP contribution in [0.1, 0.15) is 58.6 Å². The molecule has 0 heterocycles. The second kappa shape index (κ2) is 6.62. The second-order valence-electron chi connectivity index (χ2n) is 7.54. The zero-order valence-corrected chi connectivity index (χ0v) is 14.0. The Kier molecular flexibility index (Phi) is 5.64. The molecular weight excluding hydrogens is 246 g/mol. The molecule has 0 spiro atoms. The molecule has 0 aliphatic rings. The van der Waals surface area contributed by atoms with Gasteiger partial charge in [-0.05, 0) is 53.8 Å². The van der Waals surface area contributed by atoms with Crippen LogP contribution in [0.15, 0.2) is 18.2 Å². The molecule has 0 atom stereocenters. The minimum Gasteiger partial charge on any atom is -0.496 e. The first-order valence-electron chi connectivity index (χ1n) is 7.57. The molecule has 2 heteroatoms. The van der Waals surface area contributed by atoms with Crippen LogP contribution in [-0.2, 0) is 11.8 Å². The molecule has 0 radical (unpaired) electrons. The van der Waals surface area contributed by atoms with Gasteiger partial charge in [-0.3, -0.25) is 0 Å². The Hall–Kier alpha value is -1.02. The molecular formula is C18H31NO. The highest BCUT2D eigenvalue weighted by Gasteiger charge is 2.27. The maximum atomic E-state index is 5.63. The van der Waals surface area contributed by atoms with Crippen molar-refractivity contribution in [3.05, 3.63) is 29.3 Å². The van der Waals surface area contributed by atoms with Crippen LogP contribution in [0.3, 0.4) is 0 Å². The average Bonchev–Trinajstić information content (AvgIpc) is 2.33. The van der Waals surface area contributed by atoms with Gasteiger partial charge in [-0.2, -0.15) is 0 Å². The minimum atomic E-state index is 0.169. The van der Waals surface area contributed by atoms with Gasteiger partial charge in [-0.1, -0.05) is 46.8 Å². The van der Waals surface area contributed by atoms with Crippen molar-refractivity contribution in [2.75, 3.05) is 13.7 Å². The lowest BCUT2D eigenvalue weighted by molar-refractivity contribution is 0.284. The van der Waals surface area contributed by atoms with E-state index in [1.54, 1.807) is 7.11 Å². The molecule has 1 aromatic carbocycles. The van der Waals surface area contributed by atoms with E-state index in [4.69, 9.17) is 10.5 Å². The number of methoxy groups -OCH3 is 1. The molecule has 0 bridgehead atoms. The summed E-state index contributed by atoms with van der Waals surface area (Å²) in [6, 6.07) is 6.61. The quantitative estimate of drug-likeness (QED) is 0.841. The zero-order valence-electron chi connectivity index (χ0n) is 14.0. The summed E-state index contributed by atoms with van der Waals surface area (Å²) in [7, 11) is 1.74. The molecule has 20 heavy (non-hydrogen) atoms. The highest BCUT2D eigenvalue weighted by atomic mass is 16.5. The fourth-order valence-electron chi connectivity index (χ4n) is 3.12. The summed E-state index contributed by atoms with van der Waals surface area (Å²) in [5.41, 5.74) is 8.79. The first-order valence-corrected chi connectivity index (χ1v) is 7.57. The Morgan fingerprint density at radius 1 is 1.10 bits per heavy atom. The largest absolute Gasteiger partial charge is 0.496 e. The molecule has 1 aromatic rings. The molecule has 0 fully saturated rings. The van der Waals surface area contributed by atoms with Gasteiger partial charge in [0, 0.05) is 0 Å². The lowest BCUT2D eigenvalue weighted by Gasteiger charge is -2.33. The van der Waals surface area contributed by atoms with E-state index < -0.39 is 0 Å². The maximum absolute atomic E-state index is 5.63. The van der Waals surface area contributed by atoms with Crippen LogP contribution in [0.5, 0.6) is 5.75 Å². The average molecular weight is 277 g/mol. The van der Waals surface area contributed by atoms with E-state index >= 15 is 0 Å². The summed E-state index contributed by atoms with van der Waals surface area (Å²) in [4.78, 5) is 0. The van der Waals surface area contributed by atoms with E-state index in [9.17, 15) is 0 Å². The number of hydrogen-bond acceptors (Lipinski definition) is 2. The number of nitrogens with two attached hydrogens (primary N) is 1. The first-order chi connectivity index (χ1) is 9.19. The number of hydrogen-bond donors (Lipinski definition) is 1. The standard InChI is InChI=1S/C18H31NO/c1-17(2,3)13-18(4,5)15-9-10-16(20-6)14(12-15)8-7-11-19/h9-10,12H,7-8,11,13,19H2,1-6H3. The van der Waals surface area contributed by atoms with Crippen molar-refractivity contribution in [2.45, 2.75) is 59.3 Å². The van der Waals surface area contributed by atoms with Crippen LogP contribution in [0.4, 0.5) is 0 Å². The van der Waals surface area contributed by atoms with Crippen LogP contribution in [0, 0.1) is 5.41 Å². The third-order valence-electron chi connectivity index (χ3n) is 3.68. The van der Waals surface area contributed by atoms with E-state index in [0.29, 0.717) is 5.41 Å². The van der Waals surface area contributed by atoms with E-state index in [2.05, 4.69) is 52.8 Å². The maximum Gasteiger partial charge on any atom is 0.122 e. The van der Waals surface area contributed by atoms with Gasteiger partial charge in [0.05, 0.1) is 7.11 Å². The smallest absolute Gasteiger partial charge is 0.122 e. The van der Waals surface area contributed by atoms with Gasteiger partial charge >= 0.3 is 0 Å². The normalized spacial score (nSPS) is 12.6. The van der Waals surface area contributed by atoms with Crippen molar-refractivity contribution in [2.24, 2.45) is 11.1 Å². The molecule has 0 amide bonds. The van der Waals surface area contributed by atoms with Crippen molar-refractivity contribution in [3.8, 4) is 5.75 Å². The van der Waals surface area contributed by atoms with Crippen LogP contribution < -0.4 is 10.5 Å². The van der Waals surface area contributed by atoms with Crippen LogP contribution in [-0.4, -0.2) is 13.7 Å². The highest BCUT2D eigenvalue weighted by molar-refractivity contribution is 5.40. The second-order valence-corrected chi connectivity index (χ2v) is 7.54. The fraction of sp³-hybridized carbons (Fsp3) is 0.667. The predicted molar refractivity (Wildman–Crippen MR) is 87.5 cm³/mol. The third kappa shape index (κ3) is 4.82. The molecule has 0 saturated carbocycles. The molecule has 0 aliphatic carbocycles. The highest BCUT2D eigenvalue weighted by Crippen LogP contribution is 2.37. The summed E-state index contributed by atoms with van der Waals surface area (Å²) in [6.07, 6.45) is 3.14. The summed E-state index contributed by atoms with van der Waals surface area (Å²) in [6.45, 7) is 12.3. The number of benzene rings is 1. The van der Waals surface area contributed by atoms with E-state index in [1.165, 1.54) is 11.1 Å². The van der Waals surface area contributed by atoms with Crippen molar-refractivity contribution in [3.63, 3.8) is 0 Å². The number of ether oxygens (including phenoxy) is 1. The Bertz CT molecular complexity index is 430. The lowest BCUT2D eigenvalue weighted by atomic mass is 9.72. The van der Waals surface area contributed by atoms with Gasteiger partial charge in [0.25, 0.3) is 0 Å². The summed E-state index contributed by atoms with van der Waals surface area (Å²) >= 11 is 0. The van der Waals surface area contributed by atoms with E-state index in [1.807, 2.05) is 0 Å². The first kappa shape index (κ1) is 17.0. The molecule has 0 saturated heterocycles. The van der Waals surface area contributed by atoms with Gasteiger partial charge in [0.1, 0.15) is 5.75 Å². The fourth-order valence-corrected chi connectivity index (χ4v) is 3.12. The molecule has 1 rings (SSSR count). The minimum absolute atomic E-state index is 0.169. The Balaban J connectivity index is 3.06. The van der Waals surface area contributed by atoms with Crippen molar-refractivity contribution < 1.29 is 4.74 Å². The Morgan fingerprint density at radius 2 is 1.75 bits per heavy atom. The summed E-state index contributed by atoms with van der Waals surface area (Å²) < 4.78 is 5.47. The monoisotopic (exact) mass is 277 g/mol. The van der Waals surface area contributed by atoms with Gasteiger partial charge in [-0.15, -0.1) is 0 Å². The molecule has 0 aromatic heterocycles. The number of rotatable bonds is 6. The zero-order chi connectivity index (χ0) is 15.4. The van der Waals surface area contributed by atoms with Crippen molar-refractivity contribution >= 4 is 0 Å². The topological polar surface area (TPSA) is 35.2 Å². The lowest BCUT2D eigenvalue weighted by Crippen LogP contribution is -2.25. The van der Waals surface area contributed by atoms with Gasteiger partial charge in [0.2, 0.25) is 0 Å². The molecule has 0 unspecified atom stereocenters. The van der Waals surface area contributed by atoms with Gasteiger partial charge in [0.15, 0.2) is 0 Å². The van der Waals surface area contributed by atoms with E-state index in [-0.39, 0.29) is 5.41 Å².